The van der Waals surface area contributed by atoms with E-state index in [4.69, 9.17) is 25.8 Å². The van der Waals surface area contributed by atoms with Crippen molar-refractivity contribution >= 4 is 23.5 Å². The Labute approximate surface area is 200 Å². The van der Waals surface area contributed by atoms with Crippen LogP contribution in [0.2, 0.25) is 5.02 Å². The lowest BCUT2D eigenvalue weighted by Crippen LogP contribution is -2.03. The zero-order valence-electron chi connectivity index (χ0n) is 19.6. The molecule has 0 radical (unpaired) electrons. The summed E-state index contributed by atoms with van der Waals surface area (Å²) in [4.78, 5) is 12.7. The third kappa shape index (κ3) is 5.96. The maximum Gasteiger partial charge on any atom is 0.189 e. The molecular formula is C28H29ClO4. The number of para-hydroxylation sites is 1. The number of hydrogen-bond acceptors (Lipinski definition) is 4. The normalized spacial score (nSPS) is 11.1. The molecule has 0 amide bonds. The van der Waals surface area contributed by atoms with Crippen LogP contribution < -0.4 is 14.2 Å². The van der Waals surface area contributed by atoms with E-state index in [0.717, 1.165) is 38.8 Å². The van der Waals surface area contributed by atoms with E-state index in [0.29, 0.717) is 17.9 Å². The summed E-state index contributed by atoms with van der Waals surface area (Å²) in [6.45, 7) is 6.51. The summed E-state index contributed by atoms with van der Waals surface area (Å²) >= 11 is 6.32. The molecule has 0 aliphatic carbocycles. The Morgan fingerprint density at radius 2 is 1.70 bits per heavy atom. The van der Waals surface area contributed by atoms with Crippen molar-refractivity contribution in [2.45, 2.75) is 33.3 Å². The molecule has 33 heavy (non-hydrogen) atoms. The van der Waals surface area contributed by atoms with Gasteiger partial charge in [-0.1, -0.05) is 49.7 Å². The third-order valence-corrected chi connectivity index (χ3v) is 5.81. The number of hydrogen-bond donors (Lipinski definition) is 0. The minimum absolute atomic E-state index is 0.126. The summed E-state index contributed by atoms with van der Waals surface area (Å²) in [7, 11) is 3.18. The fraction of sp³-hybridized carbons (Fsp3) is 0.250. The molecule has 0 bridgehead atoms. The molecule has 0 heterocycles. The quantitative estimate of drug-likeness (QED) is 0.247. The van der Waals surface area contributed by atoms with Crippen molar-refractivity contribution in [3.05, 3.63) is 93.5 Å². The Bertz CT molecular complexity index is 1160. The van der Waals surface area contributed by atoms with E-state index in [9.17, 15) is 4.79 Å². The summed E-state index contributed by atoms with van der Waals surface area (Å²) in [6.07, 6.45) is 3.33. The highest BCUT2D eigenvalue weighted by atomic mass is 35.5. The van der Waals surface area contributed by atoms with Gasteiger partial charge in [-0.05, 0) is 72.0 Å². The van der Waals surface area contributed by atoms with Crippen LogP contribution in [0, 0.1) is 6.92 Å². The zero-order chi connectivity index (χ0) is 24.0. The van der Waals surface area contributed by atoms with Gasteiger partial charge in [0.25, 0.3) is 0 Å². The van der Waals surface area contributed by atoms with Crippen molar-refractivity contribution in [3.8, 4) is 17.2 Å². The summed E-state index contributed by atoms with van der Waals surface area (Å²) in [5.74, 6) is 2.23. The molecule has 0 spiro atoms. The van der Waals surface area contributed by atoms with Crippen LogP contribution in [-0.2, 0) is 6.61 Å². The summed E-state index contributed by atoms with van der Waals surface area (Å²) < 4.78 is 17.0. The SMILES string of the molecule is COc1ccc(/C=C/C(=O)c2ccccc2OC)cc1COc1cc(C)c(Cl)cc1C(C)C. The lowest BCUT2D eigenvalue weighted by Gasteiger charge is -2.17. The first-order chi connectivity index (χ1) is 15.8. The smallest absolute Gasteiger partial charge is 0.189 e. The van der Waals surface area contributed by atoms with Gasteiger partial charge in [-0.25, -0.2) is 0 Å². The predicted molar refractivity (Wildman–Crippen MR) is 134 cm³/mol. The van der Waals surface area contributed by atoms with Gasteiger partial charge in [0.05, 0.1) is 19.8 Å². The Hall–Kier alpha value is -3.24. The molecule has 3 aromatic carbocycles. The van der Waals surface area contributed by atoms with E-state index in [1.165, 1.54) is 0 Å². The van der Waals surface area contributed by atoms with Crippen molar-refractivity contribution in [1.82, 2.24) is 0 Å². The van der Waals surface area contributed by atoms with Gasteiger partial charge in [-0.2, -0.15) is 0 Å². The maximum atomic E-state index is 12.7. The Morgan fingerprint density at radius 3 is 2.39 bits per heavy atom. The summed E-state index contributed by atoms with van der Waals surface area (Å²) in [5.41, 5.74) is 4.30. The van der Waals surface area contributed by atoms with Crippen LogP contribution in [0.5, 0.6) is 17.2 Å². The summed E-state index contributed by atoms with van der Waals surface area (Å²) in [5, 5.41) is 0.732. The van der Waals surface area contributed by atoms with Crippen LogP contribution in [0.25, 0.3) is 6.08 Å². The molecule has 4 nitrogen and oxygen atoms in total. The van der Waals surface area contributed by atoms with Gasteiger partial charge in [-0.3, -0.25) is 4.79 Å². The molecular weight excluding hydrogens is 436 g/mol. The molecule has 0 saturated carbocycles. The highest BCUT2D eigenvalue weighted by Gasteiger charge is 2.13. The Morgan fingerprint density at radius 1 is 0.970 bits per heavy atom. The van der Waals surface area contributed by atoms with Crippen LogP contribution in [0.15, 0.2) is 60.7 Å². The van der Waals surface area contributed by atoms with Gasteiger partial charge in [0, 0.05) is 10.6 Å². The average Bonchev–Trinajstić information content (AvgIpc) is 2.82. The number of ether oxygens (including phenoxy) is 3. The second-order valence-corrected chi connectivity index (χ2v) is 8.46. The number of carbonyl (C=O) groups is 1. The molecule has 0 saturated heterocycles. The zero-order valence-corrected chi connectivity index (χ0v) is 20.4. The summed E-state index contributed by atoms with van der Waals surface area (Å²) in [6, 6.07) is 16.9. The standard InChI is InChI=1S/C28H29ClO4/c1-18(2)23-16-24(29)19(3)14-28(23)33-17-21-15-20(11-13-26(21)31-4)10-12-25(30)22-8-6-7-9-27(22)32-5/h6-16,18H,17H2,1-5H3/b12-10+. The predicted octanol–water partition coefficient (Wildman–Crippen LogP) is 7.26. The van der Waals surface area contributed by atoms with Gasteiger partial charge < -0.3 is 14.2 Å². The fourth-order valence-electron chi connectivity index (χ4n) is 3.53. The second kappa shape index (κ2) is 11.1. The van der Waals surface area contributed by atoms with Crippen LogP contribution in [-0.4, -0.2) is 20.0 Å². The largest absolute Gasteiger partial charge is 0.496 e. The maximum absolute atomic E-state index is 12.7. The number of rotatable bonds is 9. The lowest BCUT2D eigenvalue weighted by molar-refractivity contribution is 0.104. The number of ketones is 1. The molecule has 172 valence electrons. The minimum atomic E-state index is -0.126. The third-order valence-electron chi connectivity index (χ3n) is 5.40. The molecule has 3 rings (SSSR count). The minimum Gasteiger partial charge on any atom is -0.496 e. The monoisotopic (exact) mass is 464 g/mol. The lowest BCUT2D eigenvalue weighted by atomic mass is 10.0. The Balaban J connectivity index is 1.83. The second-order valence-electron chi connectivity index (χ2n) is 8.05. The van der Waals surface area contributed by atoms with Crippen LogP contribution in [0.1, 0.15) is 52.4 Å². The number of methoxy groups -OCH3 is 2. The molecule has 0 atom stereocenters. The molecule has 0 aliphatic heterocycles. The van der Waals surface area contributed by atoms with E-state index < -0.39 is 0 Å². The van der Waals surface area contributed by atoms with E-state index in [2.05, 4.69) is 13.8 Å². The van der Waals surface area contributed by atoms with Gasteiger partial charge in [0.1, 0.15) is 23.9 Å². The number of aryl methyl sites for hydroxylation is 1. The number of benzene rings is 3. The van der Waals surface area contributed by atoms with E-state index in [1.807, 2.05) is 49.4 Å². The number of allylic oxidation sites excluding steroid dienone is 1. The topological polar surface area (TPSA) is 44.8 Å². The van der Waals surface area contributed by atoms with Gasteiger partial charge >= 0.3 is 0 Å². The van der Waals surface area contributed by atoms with Crippen LogP contribution in [0.4, 0.5) is 0 Å². The Kier molecular flexibility index (Phi) is 8.18. The first-order valence-electron chi connectivity index (χ1n) is 10.8. The van der Waals surface area contributed by atoms with Crippen molar-refractivity contribution in [2.75, 3.05) is 14.2 Å². The van der Waals surface area contributed by atoms with Gasteiger partial charge in [-0.15, -0.1) is 0 Å². The van der Waals surface area contributed by atoms with Gasteiger partial charge in [0.2, 0.25) is 0 Å². The average molecular weight is 465 g/mol. The first kappa shape index (κ1) is 24.4. The van der Waals surface area contributed by atoms with Crippen LogP contribution >= 0.6 is 11.6 Å². The molecule has 0 fully saturated rings. The van der Waals surface area contributed by atoms with E-state index in [-0.39, 0.29) is 11.7 Å². The van der Waals surface area contributed by atoms with E-state index >= 15 is 0 Å². The van der Waals surface area contributed by atoms with Gasteiger partial charge in [0.15, 0.2) is 5.78 Å². The molecule has 3 aromatic rings. The van der Waals surface area contributed by atoms with Crippen molar-refractivity contribution in [1.29, 1.82) is 0 Å². The molecule has 0 N–H and O–H groups in total. The van der Waals surface area contributed by atoms with Crippen molar-refractivity contribution < 1.29 is 19.0 Å². The molecule has 5 heteroatoms. The van der Waals surface area contributed by atoms with Crippen molar-refractivity contribution in [2.24, 2.45) is 0 Å². The van der Waals surface area contributed by atoms with E-state index in [1.54, 1.807) is 38.5 Å². The van der Waals surface area contributed by atoms with Crippen LogP contribution in [0.3, 0.4) is 0 Å². The molecule has 0 unspecified atom stereocenters. The first-order valence-corrected chi connectivity index (χ1v) is 11.2. The number of halogens is 1. The van der Waals surface area contributed by atoms with Crippen molar-refractivity contribution in [3.63, 3.8) is 0 Å². The molecule has 0 aliphatic rings. The number of carbonyl (C=O) groups excluding carboxylic acids is 1. The fourth-order valence-corrected chi connectivity index (χ4v) is 3.70. The highest BCUT2D eigenvalue weighted by Crippen LogP contribution is 2.33. The highest BCUT2D eigenvalue weighted by molar-refractivity contribution is 6.31. The molecule has 0 aromatic heterocycles.